The van der Waals surface area contributed by atoms with E-state index in [4.69, 9.17) is 5.73 Å². The first-order valence-electron chi connectivity index (χ1n) is 9.89. The highest BCUT2D eigenvalue weighted by molar-refractivity contribution is 7.98. The lowest BCUT2D eigenvalue weighted by Gasteiger charge is -2.28. The maximum Gasteiger partial charge on any atom is 0.326 e. The number of rotatable bonds is 13. The number of nitrogens with one attached hydrogen (secondary N) is 3. The fraction of sp³-hybridized carbons (Fsp3) is 0.789. The van der Waals surface area contributed by atoms with Crippen LogP contribution in [0.25, 0.3) is 0 Å². The van der Waals surface area contributed by atoms with Crippen LogP contribution in [-0.2, 0) is 19.2 Å². The topological polar surface area (TPSA) is 171 Å². The Balaban J connectivity index is 5.32. The van der Waals surface area contributed by atoms with Crippen LogP contribution in [-0.4, -0.2) is 76.2 Å². The molecule has 5 atom stereocenters. The standard InChI is InChI=1S/C19H36N4O6S/c1-9(2)14(17(26)21-12(19(28)29)7-8-30-6)23-18(27)15(10(3)4)22-16(25)13(20)11(5)24/h9-15,24H,7-8,20H2,1-6H3,(H,21,26)(H,22,25)(H,23,27)(H,28,29). The molecule has 0 saturated heterocycles. The zero-order chi connectivity index (χ0) is 23.6. The Kier molecular flexibility index (Phi) is 12.6. The van der Waals surface area contributed by atoms with E-state index in [9.17, 15) is 29.4 Å². The number of hydrogen-bond acceptors (Lipinski definition) is 7. The molecule has 0 bridgehead atoms. The number of aliphatic hydroxyl groups excluding tert-OH is 1. The van der Waals surface area contributed by atoms with Crippen LogP contribution in [0.5, 0.6) is 0 Å². The fourth-order valence-electron chi connectivity index (χ4n) is 2.54. The molecule has 0 aliphatic carbocycles. The maximum atomic E-state index is 12.8. The van der Waals surface area contributed by atoms with Gasteiger partial charge in [-0.25, -0.2) is 4.79 Å². The van der Waals surface area contributed by atoms with Crippen LogP contribution in [0.3, 0.4) is 0 Å². The van der Waals surface area contributed by atoms with E-state index < -0.39 is 54.0 Å². The summed E-state index contributed by atoms with van der Waals surface area (Å²) in [7, 11) is 0. The number of aliphatic hydroxyl groups is 1. The average Bonchev–Trinajstić information content (AvgIpc) is 2.65. The van der Waals surface area contributed by atoms with Crippen molar-refractivity contribution in [2.24, 2.45) is 17.6 Å². The van der Waals surface area contributed by atoms with Crippen molar-refractivity contribution >= 4 is 35.5 Å². The first-order valence-corrected chi connectivity index (χ1v) is 11.3. The minimum Gasteiger partial charge on any atom is -0.480 e. The van der Waals surface area contributed by atoms with Gasteiger partial charge in [-0.05, 0) is 37.2 Å². The average molecular weight is 449 g/mol. The van der Waals surface area contributed by atoms with Gasteiger partial charge in [-0.3, -0.25) is 14.4 Å². The molecule has 0 rings (SSSR count). The van der Waals surface area contributed by atoms with Crippen molar-refractivity contribution in [3.63, 3.8) is 0 Å². The summed E-state index contributed by atoms with van der Waals surface area (Å²) in [6.07, 6.45) is 0.995. The molecule has 0 fully saturated rings. The van der Waals surface area contributed by atoms with Crippen LogP contribution >= 0.6 is 11.8 Å². The predicted octanol–water partition coefficient (Wildman–Crippen LogP) is -0.701. The lowest BCUT2D eigenvalue weighted by atomic mass is 9.99. The highest BCUT2D eigenvalue weighted by atomic mass is 32.2. The molecule has 7 N–H and O–H groups in total. The third-order valence-electron chi connectivity index (χ3n) is 4.54. The van der Waals surface area contributed by atoms with E-state index >= 15 is 0 Å². The van der Waals surface area contributed by atoms with Gasteiger partial charge in [-0.1, -0.05) is 27.7 Å². The number of carboxylic acids is 1. The predicted molar refractivity (Wildman–Crippen MR) is 116 cm³/mol. The second kappa shape index (κ2) is 13.5. The monoisotopic (exact) mass is 448 g/mol. The molecule has 10 nitrogen and oxygen atoms in total. The Morgan fingerprint density at radius 3 is 1.67 bits per heavy atom. The molecule has 3 amide bonds. The second-order valence-corrected chi connectivity index (χ2v) is 8.89. The summed E-state index contributed by atoms with van der Waals surface area (Å²) >= 11 is 1.46. The van der Waals surface area contributed by atoms with Crippen LogP contribution in [0, 0.1) is 11.8 Å². The number of carbonyl (C=O) groups excluding carboxylic acids is 3. The maximum absolute atomic E-state index is 12.8. The van der Waals surface area contributed by atoms with Gasteiger partial charge < -0.3 is 31.9 Å². The van der Waals surface area contributed by atoms with Crippen LogP contribution in [0.4, 0.5) is 0 Å². The summed E-state index contributed by atoms with van der Waals surface area (Å²) in [5, 5.41) is 26.4. The van der Waals surface area contributed by atoms with Gasteiger partial charge in [0.2, 0.25) is 17.7 Å². The molecule has 0 saturated carbocycles. The van der Waals surface area contributed by atoms with Crippen LogP contribution in [0.1, 0.15) is 41.0 Å². The fourth-order valence-corrected chi connectivity index (χ4v) is 3.01. The molecule has 0 aromatic rings. The van der Waals surface area contributed by atoms with Crippen molar-refractivity contribution in [1.29, 1.82) is 0 Å². The van der Waals surface area contributed by atoms with E-state index in [1.165, 1.54) is 18.7 Å². The van der Waals surface area contributed by atoms with Crippen molar-refractivity contribution < 1.29 is 29.4 Å². The van der Waals surface area contributed by atoms with Gasteiger partial charge in [-0.2, -0.15) is 11.8 Å². The Morgan fingerprint density at radius 2 is 1.30 bits per heavy atom. The van der Waals surface area contributed by atoms with Crippen LogP contribution < -0.4 is 21.7 Å². The Labute approximate surface area is 182 Å². The largest absolute Gasteiger partial charge is 0.480 e. The lowest BCUT2D eigenvalue weighted by molar-refractivity contribution is -0.142. The molecule has 0 aromatic heterocycles. The highest BCUT2D eigenvalue weighted by Gasteiger charge is 2.33. The van der Waals surface area contributed by atoms with Gasteiger partial charge in [-0.15, -0.1) is 0 Å². The summed E-state index contributed by atoms with van der Waals surface area (Å²) in [5.41, 5.74) is 5.61. The van der Waals surface area contributed by atoms with Gasteiger partial charge in [0.1, 0.15) is 24.2 Å². The lowest BCUT2D eigenvalue weighted by Crippen LogP contribution is -2.60. The van der Waals surface area contributed by atoms with E-state index in [1.807, 2.05) is 6.26 Å². The number of hydrogen-bond donors (Lipinski definition) is 6. The minimum absolute atomic E-state index is 0.253. The number of aliphatic carboxylic acids is 1. The van der Waals surface area contributed by atoms with Crippen molar-refractivity contribution in [2.45, 2.75) is 71.3 Å². The zero-order valence-corrected chi connectivity index (χ0v) is 19.3. The van der Waals surface area contributed by atoms with Crippen molar-refractivity contribution in [3.8, 4) is 0 Å². The van der Waals surface area contributed by atoms with Gasteiger partial charge >= 0.3 is 5.97 Å². The summed E-state index contributed by atoms with van der Waals surface area (Å²) in [5.74, 6) is -3.13. The quantitative estimate of drug-likeness (QED) is 0.215. The summed E-state index contributed by atoms with van der Waals surface area (Å²) in [6, 6.07) is -4.23. The summed E-state index contributed by atoms with van der Waals surface area (Å²) < 4.78 is 0. The summed E-state index contributed by atoms with van der Waals surface area (Å²) in [6.45, 7) is 8.23. The van der Waals surface area contributed by atoms with Gasteiger partial charge in [0.05, 0.1) is 6.10 Å². The Hall–Kier alpha value is -1.85. The molecule has 30 heavy (non-hydrogen) atoms. The number of nitrogens with two attached hydrogens (primary N) is 1. The molecular formula is C19H36N4O6S. The van der Waals surface area contributed by atoms with Crippen molar-refractivity contribution in [2.75, 3.05) is 12.0 Å². The SMILES string of the molecule is CSCCC(NC(=O)C(NC(=O)C(NC(=O)C(N)C(C)O)C(C)C)C(C)C)C(=O)O. The van der Waals surface area contributed by atoms with E-state index in [1.54, 1.807) is 27.7 Å². The van der Waals surface area contributed by atoms with E-state index in [-0.39, 0.29) is 18.3 Å². The Morgan fingerprint density at radius 1 is 0.867 bits per heavy atom. The first-order chi connectivity index (χ1) is 13.8. The van der Waals surface area contributed by atoms with Crippen molar-refractivity contribution in [3.05, 3.63) is 0 Å². The highest BCUT2D eigenvalue weighted by Crippen LogP contribution is 2.09. The number of amides is 3. The van der Waals surface area contributed by atoms with Gasteiger partial charge in [0, 0.05) is 0 Å². The molecule has 0 aliphatic rings. The molecule has 11 heteroatoms. The molecule has 0 spiro atoms. The normalized spacial score (nSPS) is 16.3. The van der Waals surface area contributed by atoms with Crippen LogP contribution in [0.15, 0.2) is 0 Å². The van der Waals surface area contributed by atoms with Gasteiger partial charge in [0.25, 0.3) is 0 Å². The number of carboxylic acid groups (broad SMARTS) is 1. The molecule has 0 aromatic carbocycles. The number of carbonyl (C=O) groups is 4. The molecule has 0 heterocycles. The van der Waals surface area contributed by atoms with E-state index in [0.29, 0.717) is 5.75 Å². The number of thioether (sulfide) groups is 1. The van der Waals surface area contributed by atoms with E-state index in [0.717, 1.165) is 0 Å². The third-order valence-corrected chi connectivity index (χ3v) is 5.19. The first kappa shape index (κ1) is 28.1. The summed E-state index contributed by atoms with van der Waals surface area (Å²) in [4.78, 5) is 49.0. The molecular weight excluding hydrogens is 412 g/mol. The molecule has 0 aliphatic heterocycles. The zero-order valence-electron chi connectivity index (χ0n) is 18.5. The third kappa shape index (κ3) is 9.31. The van der Waals surface area contributed by atoms with E-state index in [2.05, 4.69) is 16.0 Å². The van der Waals surface area contributed by atoms with Crippen LogP contribution in [0.2, 0.25) is 0 Å². The molecule has 5 unspecified atom stereocenters. The molecule has 0 radical (unpaired) electrons. The Bertz CT molecular complexity index is 600. The second-order valence-electron chi connectivity index (χ2n) is 7.91. The van der Waals surface area contributed by atoms with Crippen molar-refractivity contribution in [1.82, 2.24) is 16.0 Å². The smallest absolute Gasteiger partial charge is 0.326 e. The minimum atomic E-state index is -1.20. The van der Waals surface area contributed by atoms with Gasteiger partial charge in [0.15, 0.2) is 0 Å². The molecule has 174 valence electrons.